The van der Waals surface area contributed by atoms with Crippen LogP contribution in [0.4, 0.5) is 0 Å². The zero-order valence-corrected chi connectivity index (χ0v) is 8.37. The standard InChI is InChI=1S/C7H12N4O2S/c8-3-5-14(12,13)10-6-7-2-1-4-9-11-7/h1-2,4,10H,3,5-6,8H2. The van der Waals surface area contributed by atoms with Gasteiger partial charge in [0.2, 0.25) is 10.0 Å². The molecule has 0 radical (unpaired) electrons. The topological polar surface area (TPSA) is 98.0 Å². The summed E-state index contributed by atoms with van der Waals surface area (Å²) in [5.41, 5.74) is 5.71. The molecular formula is C7H12N4O2S. The van der Waals surface area contributed by atoms with E-state index in [1.807, 2.05) is 0 Å². The first-order valence-electron chi connectivity index (χ1n) is 4.08. The summed E-state index contributed by atoms with van der Waals surface area (Å²) in [5, 5.41) is 7.36. The summed E-state index contributed by atoms with van der Waals surface area (Å²) in [6, 6.07) is 3.39. The number of nitrogens with zero attached hydrogens (tertiary/aromatic N) is 2. The third kappa shape index (κ3) is 3.77. The molecule has 0 spiro atoms. The van der Waals surface area contributed by atoms with Crippen LogP contribution in [0.25, 0.3) is 0 Å². The molecule has 0 aliphatic carbocycles. The van der Waals surface area contributed by atoms with Crippen LogP contribution in [0.15, 0.2) is 18.3 Å². The van der Waals surface area contributed by atoms with Crippen molar-refractivity contribution in [3.63, 3.8) is 0 Å². The van der Waals surface area contributed by atoms with Gasteiger partial charge in [-0.1, -0.05) is 0 Å². The smallest absolute Gasteiger partial charge is 0.213 e. The molecule has 7 heteroatoms. The number of sulfonamides is 1. The van der Waals surface area contributed by atoms with Gasteiger partial charge in [0.25, 0.3) is 0 Å². The quantitative estimate of drug-likeness (QED) is 0.648. The van der Waals surface area contributed by atoms with Crippen molar-refractivity contribution in [2.45, 2.75) is 6.54 Å². The lowest BCUT2D eigenvalue weighted by Gasteiger charge is -2.03. The van der Waals surface area contributed by atoms with E-state index in [4.69, 9.17) is 5.73 Å². The van der Waals surface area contributed by atoms with Gasteiger partial charge in [-0.15, -0.1) is 0 Å². The summed E-state index contributed by atoms with van der Waals surface area (Å²) in [6.07, 6.45) is 1.53. The van der Waals surface area contributed by atoms with Crippen LogP contribution in [0.3, 0.4) is 0 Å². The van der Waals surface area contributed by atoms with Crippen molar-refractivity contribution in [2.75, 3.05) is 12.3 Å². The molecular weight excluding hydrogens is 204 g/mol. The SMILES string of the molecule is NCCS(=O)(=O)NCc1cccnn1. The second-order valence-electron chi connectivity index (χ2n) is 2.64. The maximum atomic E-state index is 11.2. The highest BCUT2D eigenvalue weighted by Gasteiger charge is 2.08. The molecule has 0 fully saturated rings. The first kappa shape index (κ1) is 11.0. The van der Waals surface area contributed by atoms with Crippen LogP contribution in [0.1, 0.15) is 5.69 Å². The molecule has 0 saturated heterocycles. The van der Waals surface area contributed by atoms with Crippen LogP contribution in [-0.2, 0) is 16.6 Å². The van der Waals surface area contributed by atoms with Crippen LogP contribution in [0, 0.1) is 0 Å². The third-order valence-electron chi connectivity index (χ3n) is 1.49. The number of rotatable bonds is 5. The van der Waals surface area contributed by atoms with Crippen molar-refractivity contribution in [1.29, 1.82) is 0 Å². The van der Waals surface area contributed by atoms with Gasteiger partial charge in [0, 0.05) is 12.7 Å². The van der Waals surface area contributed by atoms with Crippen molar-refractivity contribution in [3.05, 3.63) is 24.0 Å². The molecule has 0 amide bonds. The number of nitrogens with two attached hydrogens (primary N) is 1. The summed E-state index contributed by atoms with van der Waals surface area (Å²) in [4.78, 5) is 0. The summed E-state index contributed by atoms with van der Waals surface area (Å²) in [5.74, 6) is -0.0761. The molecule has 0 bridgehead atoms. The Morgan fingerprint density at radius 3 is 2.86 bits per heavy atom. The molecule has 1 aromatic heterocycles. The minimum atomic E-state index is -3.27. The minimum absolute atomic E-state index is 0.0761. The zero-order chi connectivity index (χ0) is 10.4. The van der Waals surface area contributed by atoms with E-state index in [0.717, 1.165) is 0 Å². The molecule has 0 atom stereocenters. The fourth-order valence-corrected chi connectivity index (χ4v) is 1.66. The average Bonchev–Trinajstić information content (AvgIpc) is 2.17. The largest absolute Gasteiger partial charge is 0.329 e. The summed E-state index contributed by atoms with van der Waals surface area (Å²) in [6.45, 7) is 0.256. The fraction of sp³-hybridized carbons (Fsp3) is 0.429. The zero-order valence-electron chi connectivity index (χ0n) is 7.55. The second kappa shape index (κ2) is 4.99. The van der Waals surface area contributed by atoms with Crippen LogP contribution in [0.2, 0.25) is 0 Å². The normalized spacial score (nSPS) is 11.5. The highest BCUT2D eigenvalue weighted by atomic mass is 32.2. The van der Waals surface area contributed by atoms with Crippen LogP contribution in [0.5, 0.6) is 0 Å². The van der Waals surface area contributed by atoms with Crippen molar-refractivity contribution in [2.24, 2.45) is 5.73 Å². The van der Waals surface area contributed by atoms with Gasteiger partial charge >= 0.3 is 0 Å². The van der Waals surface area contributed by atoms with E-state index in [0.29, 0.717) is 5.69 Å². The average molecular weight is 216 g/mol. The van der Waals surface area contributed by atoms with Gasteiger partial charge in [0.1, 0.15) is 0 Å². The highest BCUT2D eigenvalue weighted by molar-refractivity contribution is 7.89. The highest BCUT2D eigenvalue weighted by Crippen LogP contribution is 1.92. The number of hydrogen-bond acceptors (Lipinski definition) is 5. The monoisotopic (exact) mass is 216 g/mol. The van der Waals surface area contributed by atoms with E-state index in [-0.39, 0.29) is 18.8 Å². The van der Waals surface area contributed by atoms with E-state index < -0.39 is 10.0 Å². The maximum absolute atomic E-state index is 11.2. The van der Waals surface area contributed by atoms with Gasteiger partial charge in [-0.3, -0.25) is 0 Å². The Labute approximate surface area is 82.6 Å². The Bertz CT molecular complexity index is 365. The second-order valence-corrected chi connectivity index (χ2v) is 4.57. The summed E-state index contributed by atoms with van der Waals surface area (Å²) >= 11 is 0. The van der Waals surface area contributed by atoms with E-state index in [1.54, 1.807) is 12.1 Å². The lowest BCUT2D eigenvalue weighted by atomic mass is 10.4. The van der Waals surface area contributed by atoms with Gasteiger partial charge in [0.05, 0.1) is 18.0 Å². The Morgan fingerprint density at radius 1 is 1.50 bits per heavy atom. The third-order valence-corrected chi connectivity index (χ3v) is 2.84. The van der Waals surface area contributed by atoms with E-state index >= 15 is 0 Å². The Hall–Kier alpha value is -1.05. The summed E-state index contributed by atoms with van der Waals surface area (Å²) < 4.78 is 24.7. The minimum Gasteiger partial charge on any atom is -0.329 e. The first-order valence-corrected chi connectivity index (χ1v) is 5.73. The van der Waals surface area contributed by atoms with Gasteiger partial charge in [-0.2, -0.15) is 10.2 Å². The molecule has 1 heterocycles. The molecule has 0 aliphatic heterocycles. The van der Waals surface area contributed by atoms with Crippen molar-refractivity contribution < 1.29 is 8.42 Å². The first-order chi connectivity index (χ1) is 6.64. The molecule has 1 rings (SSSR count). The molecule has 0 aromatic carbocycles. The van der Waals surface area contributed by atoms with Crippen LogP contribution >= 0.6 is 0 Å². The number of aromatic nitrogens is 2. The molecule has 0 saturated carbocycles. The van der Waals surface area contributed by atoms with Crippen LogP contribution < -0.4 is 10.5 Å². The molecule has 0 aliphatic rings. The van der Waals surface area contributed by atoms with Crippen molar-refractivity contribution >= 4 is 10.0 Å². The Balaban J connectivity index is 2.49. The van der Waals surface area contributed by atoms with Gasteiger partial charge < -0.3 is 5.73 Å². The predicted octanol–water partition coefficient (Wildman–Crippen LogP) is -1.15. The molecule has 1 aromatic rings. The van der Waals surface area contributed by atoms with Gasteiger partial charge in [-0.05, 0) is 12.1 Å². The Kier molecular flexibility index (Phi) is 3.93. The van der Waals surface area contributed by atoms with Crippen molar-refractivity contribution in [1.82, 2.24) is 14.9 Å². The van der Waals surface area contributed by atoms with E-state index in [1.165, 1.54) is 6.20 Å². The van der Waals surface area contributed by atoms with Gasteiger partial charge in [0.15, 0.2) is 0 Å². The van der Waals surface area contributed by atoms with E-state index in [2.05, 4.69) is 14.9 Å². The summed E-state index contributed by atoms with van der Waals surface area (Å²) in [7, 11) is -3.27. The number of nitrogens with one attached hydrogen (secondary N) is 1. The fourth-order valence-electron chi connectivity index (χ4n) is 0.839. The van der Waals surface area contributed by atoms with Crippen LogP contribution in [-0.4, -0.2) is 30.9 Å². The number of hydrogen-bond donors (Lipinski definition) is 2. The van der Waals surface area contributed by atoms with Gasteiger partial charge in [-0.25, -0.2) is 13.1 Å². The maximum Gasteiger partial charge on any atom is 0.213 e. The lowest BCUT2D eigenvalue weighted by molar-refractivity contribution is 0.580. The molecule has 78 valence electrons. The molecule has 3 N–H and O–H groups in total. The van der Waals surface area contributed by atoms with E-state index in [9.17, 15) is 8.42 Å². The van der Waals surface area contributed by atoms with Crippen molar-refractivity contribution in [3.8, 4) is 0 Å². The molecule has 14 heavy (non-hydrogen) atoms. The molecule has 0 unspecified atom stereocenters. The predicted molar refractivity (Wildman–Crippen MR) is 51.7 cm³/mol. The Morgan fingerprint density at radius 2 is 2.29 bits per heavy atom. The lowest BCUT2D eigenvalue weighted by Crippen LogP contribution is -2.29. The molecule has 6 nitrogen and oxygen atoms in total.